The fraction of sp³-hybridized carbons (Fsp3) is 0.133. The van der Waals surface area contributed by atoms with Gasteiger partial charge in [-0.25, -0.2) is 0 Å². The number of halogens is 1. The molecule has 2 aromatic carbocycles. The van der Waals surface area contributed by atoms with Gasteiger partial charge in [-0.15, -0.1) is 0 Å². The van der Waals surface area contributed by atoms with Gasteiger partial charge in [0.1, 0.15) is 0 Å². The Morgan fingerprint density at radius 2 is 1.89 bits per heavy atom. The number of anilines is 2. The summed E-state index contributed by atoms with van der Waals surface area (Å²) in [4.78, 5) is 13.2. The lowest BCUT2D eigenvalue weighted by atomic mass is 10.1. The fourth-order valence-corrected chi connectivity index (χ4v) is 2.15. The van der Waals surface area contributed by atoms with Crippen LogP contribution < -0.4 is 4.90 Å². The Morgan fingerprint density at radius 3 is 2.50 bits per heavy atom. The molecule has 0 spiro atoms. The van der Waals surface area contributed by atoms with Crippen LogP contribution in [0.4, 0.5) is 11.4 Å². The quantitative estimate of drug-likeness (QED) is 0.763. The number of carbonyl (C=O) groups excluding carboxylic acids is 1. The van der Waals surface area contributed by atoms with Crippen molar-refractivity contribution in [3.63, 3.8) is 0 Å². The van der Waals surface area contributed by atoms with Gasteiger partial charge in [-0.2, -0.15) is 0 Å². The van der Waals surface area contributed by atoms with Gasteiger partial charge in [-0.3, -0.25) is 4.79 Å². The van der Waals surface area contributed by atoms with E-state index in [1.54, 1.807) is 12.1 Å². The van der Waals surface area contributed by atoms with Crippen molar-refractivity contribution < 1.29 is 4.79 Å². The van der Waals surface area contributed by atoms with Gasteiger partial charge in [0.25, 0.3) is 0 Å². The summed E-state index contributed by atoms with van der Waals surface area (Å²) >= 11 is 5.91. The summed E-state index contributed by atoms with van der Waals surface area (Å²) in [5.74, 6) is 0. The molecule has 0 unspecified atom stereocenters. The molecule has 0 N–H and O–H groups in total. The summed E-state index contributed by atoms with van der Waals surface area (Å²) in [5, 5.41) is 0.574. The fourth-order valence-electron chi connectivity index (χ4n) is 1.97. The van der Waals surface area contributed by atoms with Gasteiger partial charge < -0.3 is 4.90 Å². The van der Waals surface area contributed by atoms with Crippen LogP contribution in [0.1, 0.15) is 17.3 Å². The summed E-state index contributed by atoms with van der Waals surface area (Å²) < 4.78 is 0. The molecule has 2 rings (SSSR count). The van der Waals surface area contributed by atoms with Gasteiger partial charge in [0.05, 0.1) is 5.69 Å². The Labute approximate surface area is 112 Å². The summed E-state index contributed by atoms with van der Waals surface area (Å²) in [6.45, 7) is 2.84. The Hall–Kier alpha value is -1.80. The molecular formula is C15H14ClNO. The van der Waals surface area contributed by atoms with Crippen molar-refractivity contribution >= 4 is 29.3 Å². The molecule has 2 nitrogen and oxygen atoms in total. The molecule has 0 radical (unpaired) electrons. The smallest absolute Gasteiger partial charge is 0.152 e. The van der Waals surface area contributed by atoms with Gasteiger partial charge in [-0.1, -0.05) is 29.8 Å². The van der Waals surface area contributed by atoms with Crippen LogP contribution in [0.15, 0.2) is 48.5 Å². The standard InChI is InChI=1S/C15H14ClNO/c1-2-17(14-6-4-3-5-7-14)15-9-8-13(16)10-12(15)11-18/h3-11H,2H2,1H3. The van der Waals surface area contributed by atoms with E-state index in [9.17, 15) is 4.79 Å². The second-order valence-corrected chi connectivity index (χ2v) is 4.34. The lowest BCUT2D eigenvalue weighted by molar-refractivity contribution is 0.112. The number of aldehydes is 1. The highest BCUT2D eigenvalue weighted by molar-refractivity contribution is 6.31. The number of hydrogen-bond donors (Lipinski definition) is 0. The lowest BCUT2D eigenvalue weighted by Gasteiger charge is -2.24. The summed E-state index contributed by atoms with van der Waals surface area (Å²) in [6, 6.07) is 15.3. The van der Waals surface area contributed by atoms with Crippen molar-refractivity contribution in [2.45, 2.75) is 6.92 Å². The zero-order valence-electron chi connectivity index (χ0n) is 10.1. The Balaban J connectivity index is 2.48. The number of benzene rings is 2. The molecule has 92 valence electrons. The highest BCUT2D eigenvalue weighted by atomic mass is 35.5. The third kappa shape index (κ3) is 2.54. The van der Waals surface area contributed by atoms with Crippen LogP contribution >= 0.6 is 11.6 Å². The molecule has 0 atom stereocenters. The van der Waals surface area contributed by atoms with Crippen molar-refractivity contribution in [2.75, 3.05) is 11.4 Å². The van der Waals surface area contributed by atoms with E-state index < -0.39 is 0 Å². The van der Waals surface area contributed by atoms with E-state index in [-0.39, 0.29) is 0 Å². The summed E-state index contributed by atoms with van der Waals surface area (Å²) in [7, 11) is 0. The van der Waals surface area contributed by atoms with E-state index in [2.05, 4.69) is 11.8 Å². The first-order chi connectivity index (χ1) is 8.76. The average Bonchev–Trinajstić information content (AvgIpc) is 2.42. The monoisotopic (exact) mass is 259 g/mol. The van der Waals surface area contributed by atoms with E-state index in [1.165, 1.54) is 0 Å². The van der Waals surface area contributed by atoms with Gasteiger partial charge in [0.15, 0.2) is 6.29 Å². The topological polar surface area (TPSA) is 20.3 Å². The van der Waals surface area contributed by atoms with Crippen molar-refractivity contribution in [1.29, 1.82) is 0 Å². The average molecular weight is 260 g/mol. The number of rotatable bonds is 4. The van der Waals surface area contributed by atoms with Crippen molar-refractivity contribution in [1.82, 2.24) is 0 Å². The first-order valence-corrected chi connectivity index (χ1v) is 6.21. The molecule has 0 aliphatic heterocycles. The van der Waals surface area contributed by atoms with E-state index >= 15 is 0 Å². The number of carbonyl (C=O) groups is 1. The van der Waals surface area contributed by atoms with E-state index in [1.807, 2.05) is 36.4 Å². The zero-order chi connectivity index (χ0) is 13.0. The highest BCUT2D eigenvalue weighted by Gasteiger charge is 2.11. The predicted molar refractivity (Wildman–Crippen MR) is 76.0 cm³/mol. The van der Waals surface area contributed by atoms with Crippen molar-refractivity contribution in [3.05, 3.63) is 59.1 Å². The van der Waals surface area contributed by atoms with E-state index in [0.29, 0.717) is 10.6 Å². The van der Waals surface area contributed by atoms with Gasteiger partial charge in [0.2, 0.25) is 0 Å². The van der Waals surface area contributed by atoms with E-state index in [4.69, 9.17) is 11.6 Å². The second-order valence-electron chi connectivity index (χ2n) is 3.90. The van der Waals surface area contributed by atoms with Crippen LogP contribution in [0, 0.1) is 0 Å². The molecule has 0 fully saturated rings. The van der Waals surface area contributed by atoms with Crippen LogP contribution in [-0.2, 0) is 0 Å². The molecule has 0 aliphatic rings. The van der Waals surface area contributed by atoms with Crippen molar-refractivity contribution in [2.24, 2.45) is 0 Å². The largest absolute Gasteiger partial charge is 0.341 e. The number of nitrogens with zero attached hydrogens (tertiary/aromatic N) is 1. The molecule has 0 amide bonds. The Morgan fingerprint density at radius 1 is 1.17 bits per heavy atom. The van der Waals surface area contributed by atoms with Crippen LogP contribution in [0.2, 0.25) is 5.02 Å². The van der Waals surface area contributed by atoms with Crippen LogP contribution in [0.5, 0.6) is 0 Å². The minimum Gasteiger partial charge on any atom is -0.341 e. The second kappa shape index (κ2) is 5.69. The normalized spacial score (nSPS) is 10.1. The summed E-state index contributed by atoms with van der Waals surface area (Å²) in [6.07, 6.45) is 0.840. The third-order valence-corrected chi connectivity index (χ3v) is 3.03. The van der Waals surface area contributed by atoms with Crippen LogP contribution in [-0.4, -0.2) is 12.8 Å². The van der Waals surface area contributed by atoms with Gasteiger partial charge in [-0.05, 0) is 37.3 Å². The molecule has 0 saturated heterocycles. The summed E-state index contributed by atoms with van der Waals surface area (Å²) in [5.41, 5.74) is 2.54. The minimum atomic E-state index is 0.574. The third-order valence-electron chi connectivity index (χ3n) is 2.79. The van der Waals surface area contributed by atoms with Gasteiger partial charge >= 0.3 is 0 Å². The molecule has 0 bridgehead atoms. The van der Waals surface area contributed by atoms with Gasteiger partial charge in [0, 0.05) is 22.8 Å². The van der Waals surface area contributed by atoms with Crippen molar-refractivity contribution in [3.8, 4) is 0 Å². The Kier molecular flexibility index (Phi) is 4.00. The predicted octanol–water partition coefficient (Wildman–Crippen LogP) is 4.31. The lowest BCUT2D eigenvalue weighted by Crippen LogP contribution is -2.17. The van der Waals surface area contributed by atoms with Crippen LogP contribution in [0.3, 0.4) is 0 Å². The van der Waals surface area contributed by atoms with Crippen LogP contribution in [0.25, 0.3) is 0 Å². The molecule has 0 aromatic heterocycles. The number of para-hydroxylation sites is 1. The van der Waals surface area contributed by atoms with E-state index in [0.717, 1.165) is 24.2 Å². The SMILES string of the molecule is CCN(c1ccccc1)c1ccc(Cl)cc1C=O. The molecule has 0 heterocycles. The number of hydrogen-bond acceptors (Lipinski definition) is 2. The highest BCUT2D eigenvalue weighted by Crippen LogP contribution is 2.29. The zero-order valence-corrected chi connectivity index (χ0v) is 10.9. The molecule has 0 aliphatic carbocycles. The molecular weight excluding hydrogens is 246 g/mol. The first-order valence-electron chi connectivity index (χ1n) is 5.83. The maximum absolute atomic E-state index is 11.1. The molecule has 2 aromatic rings. The molecule has 3 heteroatoms. The molecule has 0 saturated carbocycles. The molecule has 18 heavy (non-hydrogen) atoms. The Bertz CT molecular complexity index is 539. The first kappa shape index (κ1) is 12.7. The maximum Gasteiger partial charge on any atom is 0.152 e. The minimum absolute atomic E-state index is 0.574. The maximum atomic E-state index is 11.1.